The van der Waals surface area contributed by atoms with E-state index in [0.29, 0.717) is 5.56 Å². The lowest BCUT2D eigenvalue weighted by atomic mass is 9.98. The van der Waals surface area contributed by atoms with Gasteiger partial charge in [-0.15, -0.1) is 0 Å². The molecule has 1 heterocycles. The molecule has 0 spiro atoms. The number of aromatic nitrogens is 1. The van der Waals surface area contributed by atoms with Crippen molar-refractivity contribution in [3.05, 3.63) is 66.2 Å². The van der Waals surface area contributed by atoms with Gasteiger partial charge in [0.25, 0.3) is 5.91 Å². The molecule has 26 heavy (non-hydrogen) atoms. The van der Waals surface area contributed by atoms with Gasteiger partial charge in [-0.3, -0.25) is 4.79 Å². The van der Waals surface area contributed by atoms with Gasteiger partial charge in [0.1, 0.15) is 0 Å². The van der Waals surface area contributed by atoms with Crippen LogP contribution in [-0.4, -0.2) is 33.5 Å². The van der Waals surface area contributed by atoms with E-state index in [1.165, 1.54) is 0 Å². The van der Waals surface area contributed by atoms with E-state index in [2.05, 4.69) is 0 Å². The first-order chi connectivity index (χ1) is 12.3. The zero-order valence-electron chi connectivity index (χ0n) is 15.6. The highest BCUT2D eigenvalue weighted by molar-refractivity contribution is 5.92. The van der Waals surface area contributed by atoms with Crippen molar-refractivity contribution in [1.82, 2.24) is 9.88 Å². The molecule has 0 radical (unpaired) electrons. The van der Waals surface area contributed by atoms with Gasteiger partial charge < -0.3 is 10.0 Å². The number of carbonyl (C=O) groups excluding carboxylic acids is 1. The van der Waals surface area contributed by atoms with Gasteiger partial charge in [-0.05, 0) is 32.9 Å². The minimum atomic E-state index is -1.24. The predicted molar refractivity (Wildman–Crippen MR) is 105 cm³/mol. The summed E-state index contributed by atoms with van der Waals surface area (Å²) < 4.78 is 0. The van der Waals surface area contributed by atoms with Crippen molar-refractivity contribution in [2.45, 2.75) is 32.4 Å². The SMILES string of the molecule is CN(C(=O)C(O)c1cc(-c2ccccc2)nc2ccccc12)C(C)(C)C. The zero-order chi connectivity index (χ0) is 18.9. The average molecular weight is 348 g/mol. The molecule has 0 aliphatic rings. The number of pyridine rings is 1. The number of benzene rings is 2. The van der Waals surface area contributed by atoms with Gasteiger partial charge in [0.2, 0.25) is 0 Å². The van der Waals surface area contributed by atoms with Gasteiger partial charge in [0.15, 0.2) is 6.10 Å². The van der Waals surface area contributed by atoms with Crippen LogP contribution < -0.4 is 0 Å². The molecule has 3 aromatic rings. The number of hydrogen-bond acceptors (Lipinski definition) is 3. The van der Waals surface area contributed by atoms with Gasteiger partial charge in [-0.2, -0.15) is 0 Å². The minimum Gasteiger partial charge on any atom is -0.378 e. The molecule has 0 aliphatic heterocycles. The summed E-state index contributed by atoms with van der Waals surface area (Å²) >= 11 is 0. The monoisotopic (exact) mass is 348 g/mol. The molecule has 0 saturated carbocycles. The van der Waals surface area contributed by atoms with E-state index < -0.39 is 6.10 Å². The molecule has 2 aromatic carbocycles. The molecule has 0 saturated heterocycles. The Morgan fingerprint density at radius 2 is 1.65 bits per heavy atom. The number of likely N-dealkylation sites (N-methyl/N-ethyl adjacent to an activating group) is 1. The fourth-order valence-corrected chi connectivity index (χ4v) is 2.83. The van der Waals surface area contributed by atoms with Crippen LogP contribution in [-0.2, 0) is 4.79 Å². The Kier molecular flexibility index (Phi) is 4.79. The Balaban J connectivity index is 2.14. The summed E-state index contributed by atoms with van der Waals surface area (Å²) in [6.45, 7) is 5.83. The molecule has 4 nitrogen and oxygen atoms in total. The number of carbonyl (C=O) groups is 1. The van der Waals surface area contributed by atoms with Crippen LogP contribution in [0.3, 0.4) is 0 Å². The smallest absolute Gasteiger partial charge is 0.256 e. The summed E-state index contributed by atoms with van der Waals surface area (Å²) in [7, 11) is 1.72. The molecule has 0 fully saturated rings. The minimum absolute atomic E-state index is 0.326. The number of amides is 1. The molecule has 134 valence electrons. The van der Waals surface area contributed by atoms with Crippen molar-refractivity contribution >= 4 is 16.8 Å². The molecular formula is C22H24N2O2. The highest BCUT2D eigenvalue weighted by atomic mass is 16.3. The van der Waals surface area contributed by atoms with Crippen molar-refractivity contribution in [2.75, 3.05) is 7.05 Å². The Morgan fingerprint density at radius 3 is 2.31 bits per heavy atom. The van der Waals surface area contributed by atoms with E-state index in [1.807, 2.05) is 81.4 Å². The largest absolute Gasteiger partial charge is 0.378 e. The van der Waals surface area contributed by atoms with Crippen LogP contribution in [0.1, 0.15) is 32.4 Å². The summed E-state index contributed by atoms with van der Waals surface area (Å²) in [5, 5.41) is 11.7. The fourth-order valence-electron chi connectivity index (χ4n) is 2.83. The Hall–Kier alpha value is -2.72. The first-order valence-electron chi connectivity index (χ1n) is 8.70. The Labute approximate surface area is 154 Å². The molecule has 3 rings (SSSR count). The number of nitrogens with zero attached hydrogens (tertiary/aromatic N) is 2. The van der Waals surface area contributed by atoms with Crippen molar-refractivity contribution in [1.29, 1.82) is 0 Å². The second-order valence-corrected chi connectivity index (χ2v) is 7.45. The van der Waals surface area contributed by atoms with Crippen LogP contribution in [0, 0.1) is 0 Å². The van der Waals surface area contributed by atoms with Crippen LogP contribution in [0.4, 0.5) is 0 Å². The lowest BCUT2D eigenvalue weighted by Crippen LogP contribution is -2.44. The van der Waals surface area contributed by atoms with Crippen LogP contribution in [0.25, 0.3) is 22.2 Å². The number of rotatable bonds is 3. The molecule has 0 bridgehead atoms. The van der Waals surface area contributed by atoms with E-state index in [-0.39, 0.29) is 11.4 Å². The van der Waals surface area contributed by atoms with Crippen molar-refractivity contribution in [2.24, 2.45) is 0 Å². The van der Waals surface area contributed by atoms with E-state index >= 15 is 0 Å². The number of hydrogen-bond donors (Lipinski definition) is 1. The molecule has 1 atom stereocenters. The molecule has 1 unspecified atom stereocenters. The lowest BCUT2D eigenvalue weighted by Gasteiger charge is -2.33. The van der Waals surface area contributed by atoms with Crippen LogP contribution in [0.5, 0.6) is 0 Å². The van der Waals surface area contributed by atoms with Gasteiger partial charge in [0, 0.05) is 29.1 Å². The van der Waals surface area contributed by atoms with Gasteiger partial charge in [0.05, 0.1) is 11.2 Å². The van der Waals surface area contributed by atoms with Crippen LogP contribution in [0.2, 0.25) is 0 Å². The third-order valence-corrected chi connectivity index (χ3v) is 4.68. The Bertz CT molecular complexity index is 930. The highest BCUT2D eigenvalue weighted by Gasteiger charge is 2.30. The first kappa shape index (κ1) is 18.1. The third kappa shape index (κ3) is 3.46. The number of fused-ring (bicyclic) bond motifs is 1. The summed E-state index contributed by atoms with van der Waals surface area (Å²) in [6, 6.07) is 19.2. The summed E-state index contributed by atoms with van der Waals surface area (Å²) in [5.74, 6) is -0.326. The maximum atomic E-state index is 12.8. The van der Waals surface area contributed by atoms with Gasteiger partial charge >= 0.3 is 0 Å². The standard InChI is InChI=1S/C22H24N2O2/c1-22(2,3)24(4)21(26)20(25)17-14-19(15-10-6-5-7-11-15)23-18-13-9-8-12-16(17)18/h5-14,20,25H,1-4H3. The summed E-state index contributed by atoms with van der Waals surface area (Å²) in [4.78, 5) is 19.1. The maximum absolute atomic E-state index is 12.8. The van der Waals surface area contributed by atoms with Crippen molar-refractivity contribution in [3.63, 3.8) is 0 Å². The van der Waals surface area contributed by atoms with Gasteiger partial charge in [-0.1, -0.05) is 48.5 Å². The maximum Gasteiger partial charge on any atom is 0.256 e. The molecule has 4 heteroatoms. The topological polar surface area (TPSA) is 53.4 Å². The lowest BCUT2D eigenvalue weighted by molar-refractivity contribution is -0.143. The van der Waals surface area contributed by atoms with E-state index in [1.54, 1.807) is 11.9 Å². The van der Waals surface area contributed by atoms with E-state index in [9.17, 15) is 9.90 Å². The van der Waals surface area contributed by atoms with E-state index in [0.717, 1.165) is 22.2 Å². The Morgan fingerprint density at radius 1 is 1.04 bits per heavy atom. The molecule has 1 amide bonds. The average Bonchev–Trinajstić information content (AvgIpc) is 2.65. The quantitative estimate of drug-likeness (QED) is 0.772. The molecule has 1 aromatic heterocycles. The first-order valence-corrected chi connectivity index (χ1v) is 8.70. The number of para-hydroxylation sites is 1. The normalized spacial score (nSPS) is 12.8. The summed E-state index contributed by atoms with van der Waals surface area (Å²) in [6.07, 6.45) is -1.24. The molecular weight excluding hydrogens is 324 g/mol. The molecule has 1 N–H and O–H groups in total. The highest BCUT2D eigenvalue weighted by Crippen LogP contribution is 2.30. The number of aliphatic hydroxyl groups is 1. The second-order valence-electron chi connectivity index (χ2n) is 7.45. The van der Waals surface area contributed by atoms with Crippen molar-refractivity contribution < 1.29 is 9.90 Å². The number of aliphatic hydroxyl groups excluding tert-OH is 1. The van der Waals surface area contributed by atoms with Crippen molar-refractivity contribution in [3.8, 4) is 11.3 Å². The van der Waals surface area contributed by atoms with Crippen LogP contribution >= 0.6 is 0 Å². The fraction of sp³-hybridized carbons (Fsp3) is 0.273. The van der Waals surface area contributed by atoms with E-state index in [4.69, 9.17) is 4.98 Å². The zero-order valence-corrected chi connectivity index (χ0v) is 15.6. The van der Waals surface area contributed by atoms with Crippen LogP contribution in [0.15, 0.2) is 60.7 Å². The molecule has 0 aliphatic carbocycles. The third-order valence-electron chi connectivity index (χ3n) is 4.68. The second kappa shape index (κ2) is 6.89. The predicted octanol–water partition coefficient (Wildman–Crippen LogP) is 4.19. The van der Waals surface area contributed by atoms with Gasteiger partial charge in [-0.25, -0.2) is 4.98 Å². The summed E-state index contributed by atoms with van der Waals surface area (Å²) in [5.41, 5.74) is 2.65.